The van der Waals surface area contributed by atoms with Gasteiger partial charge in [0.1, 0.15) is 11.4 Å². The molecule has 31 heavy (non-hydrogen) atoms. The molecule has 4 rings (SSSR count). The van der Waals surface area contributed by atoms with Crippen LogP contribution in [0.1, 0.15) is 35.7 Å². The molecule has 0 saturated heterocycles. The summed E-state index contributed by atoms with van der Waals surface area (Å²) in [5.74, 6) is -0.0536. The van der Waals surface area contributed by atoms with Gasteiger partial charge >= 0.3 is 0 Å². The van der Waals surface area contributed by atoms with Crippen molar-refractivity contribution in [1.29, 1.82) is 0 Å². The SMILES string of the molecule is CCn1nc(-c2cccc(C(=O)NCCCCc3ccccc3)c2)c(-c2cccs2)n1. The second kappa shape index (κ2) is 10.2. The van der Waals surface area contributed by atoms with Crippen LogP contribution < -0.4 is 5.32 Å². The van der Waals surface area contributed by atoms with Gasteiger partial charge in [-0.3, -0.25) is 4.79 Å². The monoisotopic (exact) mass is 430 g/mol. The highest BCUT2D eigenvalue weighted by Gasteiger charge is 2.17. The standard InChI is InChI=1S/C25H26N4OS/c1-2-29-27-23(24(28-29)22-15-9-17-31-22)20-13-8-14-21(18-20)25(30)26-16-7-6-12-19-10-4-3-5-11-19/h3-5,8-11,13-15,17-18H,2,6-7,12,16H2,1H3,(H,26,30). The zero-order valence-corrected chi connectivity index (χ0v) is 18.4. The Bertz CT molecular complexity index is 1120. The van der Waals surface area contributed by atoms with Crippen LogP contribution >= 0.6 is 11.3 Å². The summed E-state index contributed by atoms with van der Waals surface area (Å²) in [6.07, 6.45) is 3.03. The summed E-state index contributed by atoms with van der Waals surface area (Å²) in [6.45, 7) is 3.38. The molecule has 4 aromatic rings. The van der Waals surface area contributed by atoms with E-state index in [2.05, 4.69) is 39.8 Å². The van der Waals surface area contributed by atoms with Crippen molar-refractivity contribution in [2.24, 2.45) is 0 Å². The number of nitrogens with zero attached hydrogens (tertiary/aromatic N) is 3. The molecule has 0 saturated carbocycles. The third-order valence-electron chi connectivity index (χ3n) is 5.11. The van der Waals surface area contributed by atoms with Gasteiger partial charge in [0.25, 0.3) is 5.91 Å². The van der Waals surface area contributed by atoms with Gasteiger partial charge in [0, 0.05) is 17.7 Å². The molecule has 2 heterocycles. The fourth-order valence-electron chi connectivity index (χ4n) is 3.47. The number of carbonyl (C=O) groups is 1. The van der Waals surface area contributed by atoms with Gasteiger partial charge in [0.05, 0.1) is 11.4 Å². The summed E-state index contributed by atoms with van der Waals surface area (Å²) >= 11 is 1.64. The number of amides is 1. The zero-order chi connectivity index (χ0) is 21.5. The predicted molar refractivity (Wildman–Crippen MR) is 126 cm³/mol. The topological polar surface area (TPSA) is 59.8 Å². The molecule has 0 atom stereocenters. The van der Waals surface area contributed by atoms with E-state index < -0.39 is 0 Å². The molecule has 6 heteroatoms. The molecule has 0 aliphatic heterocycles. The van der Waals surface area contributed by atoms with Crippen LogP contribution in [0.15, 0.2) is 72.1 Å². The third kappa shape index (κ3) is 5.27. The Morgan fingerprint density at radius 1 is 0.968 bits per heavy atom. The molecule has 158 valence electrons. The van der Waals surface area contributed by atoms with Crippen LogP contribution in [0.2, 0.25) is 0 Å². The number of hydrogen-bond acceptors (Lipinski definition) is 4. The van der Waals surface area contributed by atoms with Crippen molar-refractivity contribution in [1.82, 2.24) is 20.3 Å². The van der Waals surface area contributed by atoms with Crippen LogP contribution in [0.4, 0.5) is 0 Å². The highest BCUT2D eigenvalue weighted by atomic mass is 32.1. The van der Waals surface area contributed by atoms with Crippen LogP contribution in [0.25, 0.3) is 21.8 Å². The number of carbonyl (C=O) groups excluding carboxylic acids is 1. The van der Waals surface area contributed by atoms with E-state index in [1.54, 1.807) is 16.1 Å². The first-order chi connectivity index (χ1) is 15.2. The Morgan fingerprint density at radius 3 is 2.58 bits per heavy atom. The first kappa shape index (κ1) is 21.0. The first-order valence-electron chi connectivity index (χ1n) is 10.7. The lowest BCUT2D eigenvalue weighted by molar-refractivity contribution is 0.0953. The van der Waals surface area contributed by atoms with Crippen LogP contribution in [-0.2, 0) is 13.0 Å². The molecule has 0 unspecified atom stereocenters. The van der Waals surface area contributed by atoms with E-state index in [0.29, 0.717) is 18.7 Å². The summed E-state index contributed by atoms with van der Waals surface area (Å²) in [4.78, 5) is 15.5. The highest BCUT2D eigenvalue weighted by molar-refractivity contribution is 7.13. The van der Waals surface area contributed by atoms with Crippen LogP contribution in [0, 0.1) is 0 Å². The predicted octanol–water partition coefficient (Wildman–Crippen LogP) is 5.45. The number of unbranched alkanes of at least 4 members (excludes halogenated alkanes) is 1. The minimum atomic E-state index is -0.0536. The average molecular weight is 431 g/mol. The Hall–Kier alpha value is -3.25. The average Bonchev–Trinajstić information content (AvgIpc) is 3.49. The molecule has 0 fully saturated rings. The summed E-state index contributed by atoms with van der Waals surface area (Å²) in [5, 5.41) is 14.4. The van der Waals surface area contributed by atoms with Crippen molar-refractivity contribution in [3.05, 3.63) is 83.2 Å². The lowest BCUT2D eigenvalue weighted by Gasteiger charge is -2.07. The Kier molecular flexibility index (Phi) is 6.89. The molecule has 0 aliphatic carbocycles. The number of rotatable bonds is 9. The highest BCUT2D eigenvalue weighted by Crippen LogP contribution is 2.32. The minimum absolute atomic E-state index is 0.0536. The molecule has 2 aromatic carbocycles. The molecule has 2 aromatic heterocycles. The van der Waals surface area contributed by atoms with Crippen LogP contribution in [-0.4, -0.2) is 27.4 Å². The molecular weight excluding hydrogens is 404 g/mol. The van der Waals surface area contributed by atoms with Gasteiger partial charge in [-0.1, -0.05) is 48.5 Å². The molecule has 0 aliphatic rings. The first-order valence-corrected chi connectivity index (χ1v) is 11.5. The van der Waals surface area contributed by atoms with Crippen LogP contribution in [0.3, 0.4) is 0 Å². The molecule has 0 spiro atoms. The summed E-state index contributed by atoms with van der Waals surface area (Å²) < 4.78 is 0. The summed E-state index contributed by atoms with van der Waals surface area (Å²) in [6, 6.07) is 22.1. The second-order valence-electron chi connectivity index (χ2n) is 7.34. The van der Waals surface area contributed by atoms with Gasteiger partial charge in [-0.05, 0) is 55.3 Å². The van der Waals surface area contributed by atoms with Crippen molar-refractivity contribution in [3.63, 3.8) is 0 Å². The maximum atomic E-state index is 12.7. The number of aromatic nitrogens is 3. The Labute approximate surface area is 186 Å². The number of thiophene rings is 1. The van der Waals surface area contributed by atoms with Gasteiger partial charge in [-0.25, -0.2) is 0 Å². The molecule has 1 N–H and O–H groups in total. The van der Waals surface area contributed by atoms with Crippen molar-refractivity contribution in [2.75, 3.05) is 6.54 Å². The van der Waals surface area contributed by atoms with E-state index in [1.807, 2.05) is 54.8 Å². The molecule has 0 bridgehead atoms. The Balaban J connectivity index is 1.40. The van der Waals surface area contributed by atoms with E-state index in [9.17, 15) is 4.79 Å². The van der Waals surface area contributed by atoms with Crippen molar-refractivity contribution in [3.8, 4) is 21.8 Å². The molecular formula is C25H26N4OS. The van der Waals surface area contributed by atoms with E-state index >= 15 is 0 Å². The van der Waals surface area contributed by atoms with E-state index in [1.165, 1.54) is 5.56 Å². The van der Waals surface area contributed by atoms with Gasteiger partial charge in [0.2, 0.25) is 0 Å². The number of hydrogen-bond donors (Lipinski definition) is 1. The number of aryl methyl sites for hydroxylation is 2. The Morgan fingerprint density at radius 2 is 1.81 bits per heavy atom. The summed E-state index contributed by atoms with van der Waals surface area (Å²) in [7, 11) is 0. The normalized spacial score (nSPS) is 10.9. The fraction of sp³-hybridized carbons (Fsp3) is 0.240. The van der Waals surface area contributed by atoms with Crippen molar-refractivity contribution < 1.29 is 4.79 Å². The maximum absolute atomic E-state index is 12.7. The maximum Gasteiger partial charge on any atom is 0.251 e. The third-order valence-corrected chi connectivity index (χ3v) is 5.99. The van der Waals surface area contributed by atoms with E-state index in [0.717, 1.165) is 41.1 Å². The number of nitrogens with one attached hydrogen (secondary N) is 1. The second-order valence-corrected chi connectivity index (χ2v) is 8.29. The fourth-order valence-corrected chi connectivity index (χ4v) is 4.18. The lowest BCUT2D eigenvalue weighted by atomic mass is 10.1. The van der Waals surface area contributed by atoms with Crippen molar-refractivity contribution in [2.45, 2.75) is 32.7 Å². The molecule has 5 nitrogen and oxygen atoms in total. The molecule has 0 radical (unpaired) electrons. The zero-order valence-electron chi connectivity index (χ0n) is 17.6. The van der Waals surface area contributed by atoms with Gasteiger partial charge < -0.3 is 5.32 Å². The van der Waals surface area contributed by atoms with E-state index in [4.69, 9.17) is 0 Å². The smallest absolute Gasteiger partial charge is 0.251 e. The van der Waals surface area contributed by atoms with Gasteiger partial charge in [0.15, 0.2) is 0 Å². The number of benzene rings is 2. The quantitative estimate of drug-likeness (QED) is 0.359. The molecule has 1 amide bonds. The van der Waals surface area contributed by atoms with Gasteiger partial charge in [-0.2, -0.15) is 15.0 Å². The van der Waals surface area contributed by atoms with Crippen LogP contribution in [0.5, 0.6) is 0 Å². The minimum Gasteiger partial charge on any atom is -0.352 e. The van der Waals surface area contributed by atoms with E-state index in [-0.39, 0.29) is 5.91 Å². The summed E-state index contributed by atoms with van der Waals surface area (Å²) in [5.41, 5.74) is 4.55. The van der Waals surface area contributed by atoms with Gasteiger partial charge in [-0.15, -0.1) is 11.3 Å². The largest absolute Gasteiger partial charge is 0.352 e. The van der Waals surface area contributed by atoms with Crippen molar-refractivity contribution >= 4 is 17.2 Å². The lowest BCUT2D eigenvalue weighted by Crippen LogP contribution is -2.24.